The summed E-state index contributed by atoms with van der Waals surface area (Å²) in [4.78, 5) is 29.2. The average molecular weight is 419 g/mol. The molecule has 8 nitrogen and oxygen atoms in total. The van der Waals surface area contributed by atoms with Gasteiger partial charge < -0.3 is 19.5 Å². The largest absolute Gasteiger partial charge is 0.444 e. The number of nitrogens with one attached hydrogen (secondary N) is 1. The van der Waals surface area contributed by atoms with Crippen LogP contribution in [0.4, 0.5) is 4.79 Å². The van der Waals surface area contributed by atoms with Crippen LogP contribution in [0.2, 0.25) is 0 Å². The molecule has 4 rings (SSSR count). The van der Waals surface area contributed by atoms with Crippen molar-refractivity contribution in [3.63, 3.8) is 0 Å². The number of nitrogens with zero attached hydrogens (tertiary/aromatic N) is 3. The van der Waals surface area contributed by atoms with Crippen LogP contribution in [-0.4, -0.2) is 70.8 Å². The number of likely N-dealkylation sites (tertiary alicyclic amines) is 2. The van der Waals surface area contributed by atoms with Gasteiger partial charge in [-0.2, -0.15) is 0 Å². The van der Waals surface area contributed by atoms with E-state index in [2.05, 4.69) is 22.3 Å². The first kappa shape index (κ1) is 21.2. The van der Waals surface area contributed by atoms with E-state index in [1.165, 1.54) is 0 Å². The molecule has 3 heterocycles. The number of aromatic nitrogens is 1. The minimum atomic E-state index is -0.465. The highest BCUT2D eigenvalue weighted by Gasteiger charge is 2.37. The molecular weight excluding hydrogens is 384 g/mol. The third-order valence-electron chi connectivity index (χ3n) is 6.33. The van der Waals surface area contributed by atoms with Crippen molar-refractivity contribution in [2.24, 2.45) is 5.92 Å². The van der Waals surface area contributed by atoms with Gasteiger partial charge in [0.05, 0.1) is 0 Å². The first-order chi connectivity index (χ1) is 14.2. The smallest absolute Gasteiger partial charge is 0.410 e. The van der Waals surface area contributed by atoms with E-state index in [-0.39, 0.29) is 18.0 Å². The molecule has 1 saturated carbocycles. The van der Waals surface area contributed by atoms with Crippen LogP contribution in [0.15, 0.2) is 10.6 Å². The zero-order valence-corrected chi connectivity index (χ0v) is 18.5. The van der Waals surface area contributed by atoms with Gasteiger partial charge in [-0.05, 0) is 52.4 Å². The Balaban J connectivity index is 1.26. The number of hydrogen-bond donors (Lipinski definition) is 1. The summed E-state index contributed by atoms with van der Waals surface area (Å²) < 4.78 is 10.8. The number of piperidine rings is 1. The van der Waals surface area contributed by atoms with E-state index in [1.807, 2.05) is 25.7 Å². The molecule has 0 spiro atoms. The Labute approximate surface area is 178 Å². The predicted molar refractivity (Wildman–Crippen MR) is 111 cm³/mol. The molecule has 0 aromatic carbocycles. The van der Waals surface area contributed by atoms with Gasteiger partial charge in [-0.15, -0.1) is 0 Å². The van der Waals surface area contributed by atoms with Gasteiger partial charge in [0.2, 0.25) is 0 Å². The summed E-state index contributed by atoms with van der Waals surface area (Å²) >= 11 is 0. The third-order valence-corrected chi connectivity index (χ3v) is 6.33. The molecule has 2 aliphatic heterocycles. The molecule has 1 N–H and O–H groups in total. The number of carbonyl (C=O) groups excluding carboxylic acids is 2. The molecule has 2 saturated heterocycles. The first-order valence-electron chi connectivity index (χ1n) is 11.2. The second-order valence-corrected chi connectivity index (χ2v) is 10.1. The van der Waals surface area contributed by atoms with E-state index in [0.29, 0.717) is 36.7 Å². The number of carbonyl (C=O) groups is 2. The highest BCUT2D eigenvalue weighted by Crippen LogP contribution is 2.40. The van der Waals surface area contributed by atoms with Gasteiger partial charge in [0.15, 0.2) is 5.69 Å². The summed E-state index contributed by atoms with van der Waals surface area (Å²) in [5.74, 6) is 1.50. The van der Waals surface area contributed by atoms with E-state index in [1.54, 1.807) is 6.07 Å². The summed E-state index contributed by atoms with van der Waals surface area (Å²) in [6, 6.07) is 2.32. The Hall–Kier alpha value is -2.09. The van der Waals surface area contributed by atoms with E-state index in [0.717, 1.165) is 44.5 Å². The van der Waals surface area contributed by atoms with Crippen molar-refractivity contribution < 1.29 is 18.8 Å². The highest BCUT2D eigenvalue weighted by atomic mass is 16.6. The number of rotatable bonds is 4. The average Bonchev–Trinajstić information content (AvgIpc) is 3.30. The van der Waals surface area contributed by atoms with Crippen molar-refractivity contribution >= 4 is 12.0 Å². The number of ether oxygens (including phenoxy) is 1. The molecule has 2 atom stereocenters. The highest BCUT2D eigenvalue weighted by molar-refractivity contribution is 5.92. The normalized spacial score (nSPS) is 26.1. The van der Waals surface area contributed by atoms with Crippen LogP contribution in [0.3, 0.4) is 0 Å². The molecule has 0 bridgehead atoms. The molecule has 8 heteroatoms. The molecule has 1 aliphatic carbocycles. The maximum atomic E-state index is 12.6. The van der Waals surface area contributed by atoms with Crippen LogP contribution < -0.4 is 5.32 Å². The quantitative estimate of drug-likeness (QED) is 0.809. The van der Waals surface area contributed by atoms with Crippen molar-refractivity contribution in [3.05, 3.63) is 17.5 Å². The molecule has 0 unspecified atom stereocenters. The van der Waals surface area contributed by atoms with Gasteiger partial charge in [0.1, 0.15) is 11.4 Å². The fraction of sp³-hybridized carbons (Fsp3) is 0.773. The lowest BCUT2D eigenvalue weighted by molar-refractivity contribution is 0.0153. The van der Waals surface area contributed by atoms with Gasteiger partial charge in [0.25, 0.3) is 5.91 Å². The first-order valence-corrected chi connectivity index (χ1v) is 11.2. The minimum Gasteiger partial charge on any atom is -0.444 e. The molecule has 30 heavy (non-hydrogen) atoms. The standard InChI is InChI=1S/C22H34N4O4/c1-14-12-26(16-7-9-25(10-8-16)21(28)29-22(2,3)4)13-18(14)23-20(27)17-11-19(30-24-17)15-5-6-15/h11,14-16,18H,5-10,12-13H2,1-4H3,(H,23,27)/t14-,18-/m1/s1. The fourth-order valence-electron chi connectivity index (χ4n) is 4.43. The zero-order chi connectivity index (χ0) is 21.5. The second kappa shape index (κ2) is 8.21. The van der Waals surface area contributed by atoms with Crippen molar-refractivity contribution in [2.45, 2.75) is 77.0 Å². The Morgan fingerprint density at radius 1 is 1.17 bits per heavy atom. The molecule has 3 fully saturated rings. The summed E-state index contributed by atoms with van der Waals surface area (Å²) in [6.07, 6.45) is 3.88. The third kappa shape index (κ3) is 4.96. The van der Waals surface area contributed by atoms with Crippen molar-refractivity contribution in [2.75, 3.05) is 26.2 Å². The molecular formula is C22H34N4O4. The van der Waals surface area contributed by atoms with Gasteiger partial charge in [0, 0.05) is 50.2 Å². The van der Waals surface area contributed by atoms with Gasteiger partial charge in [-0.25, -0.2) is 4.79 Å². The Morgan fingerprint density at radius 2 is 1.87 bits per heavy atom. The summed E-state index contributed by atoms with van der Waals surface area (Å²) in [5.41, 5.74) is -0.0827. The van der Waals surface area contributed by atoms with E-state index in [4.69, 9.17) is 9.26 Å². The predicted octanol–water partition coefficient (Wildman–Crippen LogP) is 3.00. The SMILES string of the molecule is C[C@@H]1CN(C2CCN(C(=O)OC(C)(C)C)CC2)C[C@H]1NC(=O)c1cc(C2CC2)on1. The lowest BCUT2D eigenvalue weighted by Gasteiger charge is -2.37. The van der Waals surface area contributed by atoms with Crippen LogP contribution in [-0.2, 0) is 4.74 Å². The molecule has 2 amide bonds. The van der Waals surface area contributed by atoms with Gasteiger partial charge in [-0.1, -0.05) is 12.1 Å². The molecule has 3 aliphatic rings. The Kier molecular flexibility index (Phi) is 5.79. The number of hydrogen-bond acceptors (Lipinski definition) is 6. The maximum Gasteiger partial charge on any atom is 0.410 e. The fourth-order valence-corrected chi connectivity index (χ4v) is 4.43. The zero-order valence-electron chi connectivity index (χ0n) is 18.5. The monoisotopic (exact) mass is 418 g/mol. The lowest BCUT2D eigenvalue weighted by Crippen LogP contribution is -2.48. The lowest BCUT2D eigenvalue weighted by atomic mass is 10.0. The van der Waals surface area contributed by atoms with Crippen LogP contribution >= 0.6 is 0 Å². The molecule has 0 radical (unpaired) electrons. The Bertz CT molecular complexity index is 774. The van der Waals surface area contributed by atoms with Crippen LogP contribution in [0.1, 0.15) is 75.5 Å². The molecule has 1 aromatic heterocycles. The van der Waals surface area contributed by atoms with E-state index < -0.39 is 5.60 Å². The van der Waals surface area contributed by atoms with Gasteiger partial charge >= 0.3 is 6.09 Å². The Morgan fingerprint density at radius 3 is 2.50 bits per heavy atom. The van der Waals surface area contributed by atoms with Crippen molar-refractivity contribution in [1.82, 2.24) is 20.3 Å². The topological polar surface area (TPSA) is 87.9 Å². The van der Waals surface area contributed by atoms with Crippen molar-refractivity contribution in [1.29, 1.82) is 0 Å². The van der Waals surface area contributed by atoms with Crippen molar-refractivity contribution in [3.8, 4) is 0 Å². The maximum absolute atomic E-state index is 12.6. The number of amides is 2. The summed E-state index contributed by atoms with van der Waals surface area (Å²) in [6.45, 7) is 11.1. The molecule has 166 valence electrons. The molecule has 1 aromatic rings. The minimum absolute atomic E-state index is 0.0995. The van der Waals surface area contributed by atoms with E-state index >= 15 is 0 Å². The summed E-state index contributed by atoms with van der Waals surface area (Å²) in [7, 11) is 0. The summed E-state index contributed by atoms with van der Waals surface area (Å²) in [5, 5.41) is 7.11. The van der Waals surface area contributed by atoms with Crippen LogP contribution in [0.25, 0.3) is 0 Å². The van der Waals surface area contributed by atoms with Gasteiger partial charge in [-0.3, -0.25) is 9.69 Å². The van der Waals surface area contributed by atoms with Crippen LogP contribution in [0, 0.1) is 5.92 Å². The second-order valence-electron chi connectivity index (χ2n) is 10.1. The van der Waals surface area contributed by atoms with E-state index in [9.17, 15) is 9.59 Å². The van der Waals surface area contributed by atoms with Crippen LogP contribution in [0.5, 0.6) is 0 Å².